The molecule has 0 bridgehead atoms. The molecule has 1 aromatic carbocycles. The number of rotatable bonds is 3. The van der Waals surface area contributed by atoms with Gasteiger partial charge in [0.05, 0.1) is 15.8 Å². The minimum atomic E-state index is -3.72. The van der Waals surface area contributed by atoms with Crippen LogP contribution in [0.15, 0.2) is 33.4 Å². The van der Waals surface area contributed by atoms with Crippen LogP contribution in [0.3, 0.4) is 0 Å². The van der Waals surface area contributed by atoms with Gasteiger partial charge in [-0.2, -0.15) is 0 Å². The molecule has 1 N–H and O–H groups in total. The lowest BCUT2D eigenvalue weighted by Crippen LogP contribution is -2.20. The topological polar surface area (TPSA) is 93.4 Å². The zero-order valence-electron chi connectivity index (χ0n) is 11.7. The van der Waals surface area contributed by atoms with Crippen LogP contribution in [0, 0.1) is 0 Å². The van der Waals surface area contributed by atoms with Gasteiger partial charge in [0.15, 0.2) is 0 Å². The van der Waals surface area contributed by atoms with Gasteiger partial charge in [-0.05, 0) is 24.1 Å². The van der Waals surface area contributed by atoms with Crippen molar-refractivity contribution in [2.24, 2.45) is 0 Å². The van der Waals surface area contributed by atoms with Gasteiger partial charge in [-0.3, -0.25) is 4.79 Å². The first kappa shape index (κ1) is 14.5. The lowest BCUT2D eigenvalue weighted by molar-refractivity contribution is 0.0694. The highest BCUT2D eigenvalue weighted by Gasteiger charge is 2.27. The average molecular weight is 319 g/mol. The number of aromatic nitrogens is 1. The van der Waals surface area contributed by atoms with E-state index >= 15 is 0 Å². The van der Waals surface area contributed by atoms with Crippen molar-refractivity contribution in [1.82, 2.24) is 4.57 Å². The van der Waals surface area contributed by atoms with E-state index in [0.29, 0.717) is 17.6 Å². The Morgan fingerprint density at radius 1 is 1.32 bits per heavy atom. The molecule has 22 heavy (non-hydrogen) atoms. The van der Waals surface area contributed by atoms with Crippen molar-refractivity contribution in [2.75, 3.05) is 0 Å². The Kier molecular flexibility index (Phi) is 3.17. The van der Waals surface area contributed by atoms with Gasteiger partial charge >= 0.3 is 5.97 Å². The number of pyridine rings is 1. The highest BCUT2D eigenvalue weighted by Crippen LogP contribution is 2.32. The molecule has 0 saturated heterocycles. The van der Waals surface area contributed by atoms with Crippen LogP contribution in [0.1, 0.15) is 29.3 Å². The van der Waals surface area contributed by atoms with E-state index in [-0.39, 0.29) is 10.3 Å². The summed E-state index contributed by atoms with van der Waals surface area (Å²) in [6.45, 7) is 2.40. The molecule has 114 valence electrons. The maximum absolute atomic E-state index is 12.5. The molecule has 1 aliphatic rings. The number of hydrogen-bond acceptors (Lipinski definition) is 4. The van der Waals surface area contributed by atoms with Gasteiger partial charge in [0.1, 0.15) is 5.56 Å². The number of carboxylic acid groups (broad SMARTS) is 1. The SMILES string of the molecule is CCCn1cc(C(=O)O)c(=O)c2c3c(ccc21)C=CS3(=O)=O. The average Bonchev–Trinajstić information content (AvgIpc) is 2.77. The summed E-state index contributed by atoms with van der Waals surface area (Å²) in [4.78, 5) is 23.7. The summed E-state index contributed by atoms with van der Waals surface area (Å²) in [5.74, 6) is -1.36. The molecule has 0 aliphatic carbocycles. The Bertz CT molecular complexity index is 999. The molecule has 0 atom stereocenters. The minimum absolute atomic E-state index is 0.0455. The molecule has 2 heterocycles. The third-order valence-corrected chi connectivity index (χ3v) is 5.14. The standard InChI is InChI=1S/C15H13NO5S/c1-2-6-16-8-10(15(18)19)13(17)12-11(16)4-3-9-5-7-22(20,21)14(9)12/h3-5,7-8H,2,6H2,1H3,(H,18,19). The van der Waals surface area contributed by atoms with Crippen LogP contribution < -0.4 is 5.43 Å². The van der Waals surface area contributed by atoms with Crippen LogP contribution in [0.5, 0.6) is 0 Å². The molecule has 0 spiro atoms. The zero-order chi connectivity index (χ0) is 16.1. The van der Waals surface area contributed by atoms with E-state index in [1.807, 2.05) is 6.92 Å². The number of aryl methyl sites for hydroxylation is 1. The number of aromatic carboxylic acids is 1. The molecule has 0 radical (unpaired) electrons. The number of benzene rings is 1. The van der Waals surface area contributed by atoms with E-state index in [4.69, 9.17) is 0 Å². The van der Waals surface area contributed by atoms with Crippen LogP contribution in [-0.4, -0.2) is 24.1 Å². The van der Waals surface area contributed by atoms with Gasteiger partial charge < -0.3 is 9.67 Å². The number of carbonyl (C=O) groups is 1. The van der Waals surface area contributed by atoms with Crippen LogP contribution in [0.25, 0.3) is 17.0 Å². The fourth-order valence-corrected chi connectivity index (χ4v) is 4.12. The smallest absolute Gasteiger partial charge is 0.341 e. The van der Waals surface area contributed by atoms with Gasteiger partial charge in [0.25, 0.3) is 0 Å². The third kappa shape index (κ3) is 1.97. The number of nitrogens with zero attached hydrogens (tertiary/aromatic N) is 1. The predicted molar refractivity (Wildman–Crippen MR) is 81.7 cm³/mol. The van der Waals surface area contributed by atoms with E-state index in [1.54, 1.807) is 16.7 Å². The Hall–Kier alpha value is -2.41. The molecule has 1 aromatic heterocycles. The summed E-state index contributed by atoms with van der Waals surface area (Å²) < 4.78 is 26.0. The van der Waals surface area contributed by atoms with E-state index in [9.17, 15) is 23.1 Å². The molecule has 0 fully saturated rings. The minimum Gasteiger partial charge on any atom is -0.477 e. The van der Waals surface area contributed by atoms with Gasteiger partial charge in [-0.15, -0.1) is 0 Å². The lowest BCUT2D eigenvalue weighted by Gasteiger charge is -2.13. The van der Waals surface area contributed by atoms with Crippen LogP contribution in [-0.2, 0) is 16.4 Å². The maximum Gasteiger partial charge on any atom is 0.341 e. The monoisotopic (exact) mass is 319 g/mol. The molecule has 0 unspecified atom stereocenters. The summed E-state index contributed by atoms with van der Waals surface area (Å²) in [5.41, 5.74) is -0.339. The molecule has 0 amide bonds. The van der Waals surface area contributed by atoms with Crippen molar-refractivity contribution in [3.8, 4) is 0 Å². The largest absolute Gasteiger partial charge is 0.477 e. The molecule has 6 nitrogen and oxygen atoms in total. The summed E-state index contributed by atoms with van der Waals surface area (Å²) in [6, 6.07) is 3.28. The number of fused-ring (bicyclic) bond motifs is 3. The van der Waals surface area contributed by atoms with Crippen molar-refractivity contribution in [3.05, 3.63) is 45.1 Å². The molecule has 7 heteroatoms. The quantitative estimate of drug-likeness (QED) is 0.932. The van der Waals surface area contributed by atoms with Gasteiger partial charge in [-0.25, -0.2) is 13.2 Å². The zero-order valence-corrected chi connectivity index (χ0v) is 12.6. The molecular formula is C15H13NO5S. The fraction of sp³-hybridized carbons (Fsp3) is 0.200. The van der Waals surface area contributed by atoms with Crippen molar-refractivity contribution in [1.29, 1.82) is 0 Å². The normalized spacial score (nSPS) is 15.1. The second-order valence-electron chi connectivity index (χ2n) is 5.10. The number of sulfone groups is 1. The predicted octanol–water partition coefficient (Wildman–Crippen LogP) is 1.87. The van der Waals surface area contributed by atoms with Crippen molar-refractivity contribution in [3.63, 3.8) is 0 Å². The highest BCUT2D eigenvalue weighted by atomic mass is 32.2. The van der Waals surface area contributed by atoms with E-state index < -0.39 is 26.8 Å². The Morgan fingerprint density at radius 3 is 2.68 bits per heavy atom. The number of carboxylic acids is 1. The second-order valence-corrected chi connectivity index (χ2v) is 6.87. The first-order valence-electron chi connectivity index (χ1n) is 6.73. The third-order valence-electron chi connectivity index (χ3n) is 3.64. The van der Waals surface area contributed by atoms with Crippen LogP contribution in [0.4, 0.5) is 0 Å². The van der Waals surface area contributed by atoms with Gasteiger partial charge in [0.2, 0.25) is 15.3 Å². The fourth-order valence-electron chi connectivity index (χ4n) is 2.71. The summed E-state index contributed by atoms with van der Waals surface area (Å²) in [7, 11) is -3.72. The Balaban J connectivity index is 2.56. The van der Waals surface area contributed by atoms with Crippen molar-refractivity contribution in [2.45, 2.75) is 24.8 Å². The summed E-state index contributed by atoms with van der Waals surface area (Å²) in [6.07, 6.45) is 3.41. The lowest BCUT2D eigenvalue weighted by atomic mass is 10.1. The van der Waals surface area contributed by atoms with E-state index in [1.165, 1.54) is 12.3 Å². The second kappa shape index (κ2) is 4.81. The summed E-state index contributed by atoms with van der Waals surface area (Å²) in [5, 5.41) is 10.2. The Morgan fingerprint density at radius 2 is 2.05 bits per heavy atom. The first-order chi connectivity index (χ1) is 10.4. The van der Waals surface area contributed by atoms with Gasteiger partial charge in [-0.1, -0.05) is 13.0 Å². The van der Waals surface area contributed by atoms with Crippen molar-refractivity contribution < 1.29 is 18.3 Å². The van der Waals surface area contributed by atoms with E-state index in [2.05, 4.69) is 0 Å². The maximum atomic E-state index is 12.5. The Labute approximate surface area is 126 Å². The van der Waals surface area contributed by atoms with Gasteiger partial charge in [0, 0.05) is 18.1 Å². The van der Waals surface area contributed by atoms with Crippen LogP contribution >= 0.6 is 0 Å². The summed E-state index contributed by atoms with van der Waals surface area (Å²) >= 11 is 0. The first-order valence-corrected chi connectivity index (χ1v) is 8.28. The van der Waals surface area contributed by atoms with Crippen molar-refractivity contribution >= 4 is 32.8 Å². The molecule has 1 aliphatic heterocycles. The molecule has 0 saturated carbocycles. The van der Waals surface area contributed by atoms with E-state index in [0.717, 1.165) is 11.8 Å². The van der Waals surface area contributed by atoms with Crippen LogP contribution in [0.2, 0.25) is 0 Å². The molecule has 3 rings (SSSR count). The number of hydrogen-bond donors (Lipinski definition) is 1. The molecule has 2 aromatic rings. The molecular weight excluding hydrogens is 306 g/mol. The highest BCUT2D eigenvalue weighted by molar-refractivity contribution is 7.95.